The summed E-state index contributed by atoms with van der Waals surface area (Å²) in [6.07, 6.45) is -5.75. The summed E-state index contributed by atoms with van der Waals surface area (Å²) >= 11 is 0. The molecule has 118 valence electrons. The highest BCUT2D eigenvalue weighted by atomic mass is 16.8. The summed E-state index contributed by atoms with van der Waals surface area (Å²) < 4.78 is 15.9. The molecular formula is C13H19NO7. The molecule has 2 saturated heterocycles. The Morgan fingerprint density at radius 1 is 1.43 bits per heavy atom. The maximum absolute atomic E-state index is 11.7. The van der Waals surface area contributed by atoms with Crippen LogP contribution < -0.4 is 5.73 Å². The summed E-state index contributed by atoms with van der Waals surface area (Å²) in [5, 5.41) is 19.9. The summed E-state index contributed by atoms with van der Waals surface area (Å²) in [6.45, 7) is 5.15. The lowest BCUT2D eigenvalue weighted by molar-refractivity contribution is -0.294. The van der Waals surface area contributed by atoms with Crippen molar-refractivity contribution < 1.29 is 34.0 Å². The number of allylic oxidation sites excluding steroid dienone is 1. The number of carbonyl (C=O) groups excluding carboxylic acids is 2. The third kappa shape index (κ3) is 2.93. The monoisotopic (exact) mass is 301 g/mol. The number of ketones is 1. The third-order valence-electron chi connectivity index (χ3n) is 3.74. The SMILES string of the molecule is C=C(C)C(=O)CC[C@@]12OC[C@@H](O1)[C@@H](O)[C@H](O)[C@H]2OC(N)=O. The van der Waals surface area contributed by atoms with Crippen LogP contribution in [0.4, 0.5) is 4.79 Å². The normalized spacial score (nSPS) is 38.0. The van der Waals surface area contributed by atoms with Gasteiger partial charge in [0.15, 0.2) is 11.9 Å². The largest absolute Gasteiger partial charge is 0.438 e. The molecule has 0 saturated carbocycles. The maximum Gasteiger partial charge on any atom is 0.405 e. The van der Waals surface area contributed by atoms with E-state index in [0.29, 0.717) is 5.57 Å². The molecule has 2 bridgehead atoms. The average Bonchev–Trinajstić information content (AvgIpc) is 2.81. The predicted octanol–water partition coefficient (Wildman–Crippen LogP) is -0.777. The predicted molar refractivity (Wildman–Crippen MR) is 69.1 cm³/mol. The summed E-state index contributed by atoms with van der Waals surface area (Å²) in [4.78, 5) is 22.7. The van der Waals surface area contributed by atoms with E-state index in [4.69, 9.17) is 19.9 Å². The first kappa shape index (κ1) is 15.9. The van der Waals surface area contributed by atoms with Crippen molar-refractivity contribution in [3.63, 3.8) is 0 Å². The summed E-state index contributed by atoms with van der Waals surface area (Å²) in [6, 6.07) is 0. The van der Waals surface area contributed by atoms with Gasteiger partial charge < -0.3 is 30.2 Å². The number of nitrogens with two attached hydrogens (primary N) is 1. The smallest absolute Gasteiger partial charge is 0.405 e. The first-order chi connectivity index (χ1) is 9.77. The van der Waals surface area contributed by atoms with Crippen LogP contribution in [0.1, 0.15) is 19.8 Å². The number of primary amides is 1. The number of hydrogen-bond donors (Lipinski definition) is 3. The lowest BCUT2D eigenvalue weighted by atomic mass is 9.90. The number of aliphatic hydroxyl groups is 2. The van der Waals surface area contributed by atoms with Crippen LogP contribution in [0.15, 0.2) is 12.2 Å². The molecule has 2 rings (SSSR count). The number of Topliss-reactive ketones (excluding diaryl/α,β-unsaturated/α-hetero) is 1. The Labute approximate surface area is 121 Å². The zero-order valence-electron chi connectivity index (χ0n) is 11.7. The molecule has 2 heterocycles. The van der Waals surface area contributed by atoms with Crippen LogP contribution in [0, 0.1) is 0 Å². The Kier molecular flexibility index (Phi) is 4.33. The highest BCUT2D eigenvalue weighted by Crippen LogP contribution is 2.41. The first-order valence-electron chi connectivity index (χ1n) is 6.59. The number of rotatable bonds is 5. The van der Waals surface area contributed by atoms with Crippen molar-refractivity contribution >= 4 is 11.9 Å². The van der Waals surface area contributed by atoms with Gasteiger partial charge in [-0.3, -0.25) is 4.79 Å². The molecule has 1 amide bonds. The van der Waals surface area contributed by atoms with Gasteiger partial charge in [-0.05, 0) is 12.5 Å². The standard InChI is InChI=1S/C13H19NO7/c1-6(2)7(15)3-4-13-11(20-12(14)18)10(17)9(16)8(21-13)5-19-13/h8-11,16-17H,1,3-5H2,2H3,(H2,14,18)/t8-,9-,10+,11-,13-/m1/s1. The molecule has 2 fully saturated rings. The molecule has 0 radical (unpaired) electrons. The van der Waals surface area contributed by atoms with Gasteiger partial charge in [-0.1, -0.05) is 6.58 Å². The van der Waals surface area contributed by atoms with Crippen molar-refractivity contribution in [3.8, 4) is 0 Å². The van der Waals surface area contributed by atoms with E-state index >= 15 is 0 Å². The molecule has 2 aliphatic rings. The second kappa shape index (κ2) is 5.72. The number of amides is 1. The molecule has 0 spiro atoms. The highest BCUT2D eigenvalue weighted by Gasteiger charge is 2.61. The van der Waals surface area contributed by atoms with Crippen molar-refractivity contribution in [2.45, 2.75) is 50.0 Å². The van der Waals surface area contributed by atoms with E-state index in [2.05, 4.69) is 6.58 Å². The van der Waals surface area contributed by atoms with Crippen molar-refractivity contribution in [3.05, 3.63) is 12.2 Å². The van der Waals surface area contributed by atoms with E-state index in [1.165, 1.54) is 0 Å². The van der Waals surface area contributed by atoms with E-state index in [-0.39, 0.29) is 25.2 Å². The van der Waals surface area contributed by atoms with Crippen LogP contribution in [0.2, 0.25) is 0 Å². The van der Waals surface area contributed by atoms with Crippen molar-refractivity contribution in [1.82, 2.24) is 0 Å². The number of ether oxygens (including phenoxy) is 3. The fraction of sp³-hybridized carbons (Fsp3) is 0.692. The zero-order valence-corrected chi connectivity index (χ0v) is 11.7. The molecule has 0 aromatic carbocycles. The summed E-state index contributed by atoms with van der Waals surface area (Å²) in [7, 11) is 0. The second-order valence-electron chi connectivity index (χ2n) is 5.32. The van der Waals surface area contributed by atoms with Crippen LogP contribution in [-0.2, 0) is 19.0 Å². The van der Waals surface area contributed by atoms with Crippen LogP contribution in [0.3, 0.4) is 0 Å². The van der Waals surface area contributed by atoms with Crippen molar-refractivity contribution in [2.24, 2.45) is 5.73 Å². The minimum atomic E-state index is -1.48. The molecule has 0 unspecified atom stereocenters. The fourth-order valence-corrected chi connectivity index (χ4v) is 2.58. The molecule has 5 atom stereocenters. The molecule has 4 N–H and O–H groups in total. The Hall–Kier alpha value is -1.48. The zero-order chi connectivity index (χ0) is 15.8. The van der Waals surface area contributed by atoms with Crippen LogP contribution in [-0.4, -0.2) is 58.9 Å². The van der Waals surface area contributed by atoms with Gasteiger partial charge in [0.1, 0.15) is 18.3 Å². The lowest BCUT2D eigenvalue weighted by Gasteiger charge is -2.42. The molecule has 0 aliphatic carbocycles. The minimum absolute atomic E-state index is 0.0259. The topological polar surface area (TPSA) is 128 Å². The Balaban J connectivity index is 2.18. The Morgan fingerprint density at radius 3 is 2.67 bits per heavy atom. The van der Waals surface area contributed by atoms with E-state index in [9.17, 15) is 19.8 Å². The number of fused-ring (bicyclic) bond motifs is 2. The van der Waals surface area contributed by atoms with Gasteiger partial charge in [0.25, 0.3) is 0 Å². The fourth-order valence-electron chi connectivity index (χ4n) is 2.58. The summed E-state index contributed by atoms with van der Waals surface area (Å²) in [5.74, 6) is -1.68. The van der Waals surface area contributed by atoms with E-state index in [1.807, 2.05) is 0 Å². The molecule has 2 aliphatic heterocycles. The Bertz CT molecular complexity index is 465. The van der Waals surface area contributed by atoms with Crippen LogP contribution in [0.25, 0.3) is 0 Å². The first-order valence-corrected chi connectivity index (χ1v) is 6.59. The van der Waals surface area contributed by atoms with E-state index < -0.39 is 36.3 Å². The number of aliphatic hydroxyl groups excluding tert-OH is 2. The molecule has 21 heavy (non-hydrogen) atoms. The van der Waals surface area contributed by atoms with Crippen molar-refractivity contribution in [2.75, 3.05) is 6.61 Å². The van der Waals surface area contributed by atoms with Gasteiger partial charge in [0, 0.05) is 12.8 Å². The van der Waals surface area contributed by atoms with E-state index in [1.54, 1.807) is 6.92 Å². The highest BCUT2D eigenvalue weighted by molar-refractivity contribution is 5.94. The molecule has 8 nitrogen and oxygen atoms in total. The maximum atomic E-state index is 11.7. The second-order valence-corrected chi connectivity index (χ2v) is 5.32. The van der Waals surface area contributed by atoms with Gasteiger partial charge in [0.05, 0.1) is 6.61 Å². The van der Waals surface area contributed by atoms with Crippen LogP contribution >= 0.6 is 0 Å². The van der Waals surface area contributed by atoms with Crippen molar-refractivity contribution in [1.29, 1.82) is 0 Å². The van der Waals surface area contributed by atoms with Gasteiger partial charge >= 0.3 is 6.09 Å². The summed E-state index contributed by atoms with van der Waals surface area (Å²) in [5.41, 5.74) is 5.36. The molecule has 8 heteroatoms. The lowest BCUT2D eigenvalue weighted by Crippen LogP contribution is -2.62. The number of carbonyl (C=O) groups is 2. The van der Waals surface area contributed by atoms with Crippen LogP contribution in [0.5, 0.6) is 0 Å². The van der Waals surface area contributed by atoms with Gasteiger partial charge in [-0.2, -0.15) is 0 Å². The minimum Gasteiger partial charge on any atom is -0.438 e. The van der Waals surface area contributed by atoms with Gasteiger partial charge in [-0.15, -0.1) is 0 Å². The molecular weight excluding hydrogens is 282 g/mol. The van der Waals surface area contributed by atoms with E-state index in [0.717, 1.165) is 0 Å². The average molecular weight is 301 g/mol. The van der Waals surface area contributed by atoms with Gasteiger partial charge in [0.2, 0.25) is 5.79 Å². The molecule has 0 aromatic heterocycles. The Morgan fingerprint density at radius 2 is 2.10 bits per heavy atom. The number of hydrogen-bond acceptors (Lipinski definition) is 7. The third-order valence-corrected chi connectivity index (χ3v) is 3.74. The van der Waals surface area contributed by atoms with Gasteiger partial charge in [-0.25, -0.2) is 4.79 Å². The molecule has 0 aromatic rings. The quantitative estimate of drug-likeness (QED) is 0.568.